The Morgan fingerprint density at radius 2 is 1.81 bits per heavy atom. The van der Waals surface area contributed by atoms with Gasteiger partial charge in [-0.3, -0.25) is 14.4 Å². The molecule has 43 heavy (non-hydrogen) atoms. The number of ether oxygens (including phenoxy) is 2. The summed E-state index contributed by atoms with van der Waals surface area (Å²) in [5.74, 6) is -1.67. The molecule has 4 rings (SSSR count). The molecule has 236 valence electrons. The molecule has 2 unspecified atom stereocenters. The van der Waals surface area contributed by atoms with E-state index in [0.29, 0.717) is 50.4 Å². The van der Waals surface area contributed by atoms with Gasteiger partial charge < -0.3 is 29.3 Å². The minimum atomic E-state index is -1.16. The number of amides is 3. The molecule has 9 nitrogen and oxygen atoms in total. The SMILES string of the molecule is C=CCN(CCCCC)C(=O)C1N([C@@H](CC)CO)C(=O)[C@@H]2[C@H](C(=O)N(CC=C)c3ccc(OCC)cc3)[C@]3(C)CCC12O3. The van der Waals surface area contributed by atoms with Crippen LogP contribution in [0.1, 0.15) is 66.2 Å². The summed E-state index contributed by atoms with van der Waals surface area (Å²) in [6.07, 6.45) is 7.69. The third kappa shape index (κ3) is 5.74. The maximum atomic E-state index is 14.6. The van der Waals surface area contributed by atoms with E-state index in [9.17, 15) is 19.5 Å². The van der Waals surface area contributed by atoms with E-state index >= 15 is 0 Å². The van der Waals surface area contributed by atoms with Crippen LogP contribution in [-0.4, -0.2) is 88.8 Å². The van der Waals surface area contributed by atoms with Gasteiger partial charge in [0.1, 0.15) is 17.4 Å². The van der Waals surface area contributed by atoms with Crippen LogP contribution in [0.15, 0.2) is 49.6 Å². The van der Waals surface area contributed by atoms with Gasteiger partial charge >= 0.3 is 0 Å². The van der Waals surface area contributed by atoms with Gasteiger partial charge in [-0.15, -0.1) is 13.2 Å². The maximum Gasteiger partial charge on any atom is 0.248 e. The predicted molar refractivity (Wildman–Crippen MR) is 167 cm³/mol. The number of hydrogen-bond donors (Lipinski definition) is 1. The van der Waals surface area contributed by atoms with Crippen LogP contribution in [0.3, 0.4) is 0 Å². The minimum Gasteiger partial charge on any atom is -0.494 e. The fourth-order valence-electron chi connectivity index (χ4n) is 7.51. The van der Waals surface area contributed by atoms with Crippen LogP contribution < -0.4 is 9.64 Å². The topological polar surface area (TPSA) is 99.6 Å². The quantitative estimate of drug-likeness (QED) is 0.226. The minimum absolute atomic E-state index is 0.203. The first-order valence-electron chi connectivity index (χ1n) is 15.9. The lowest BCUT2D eigenvalue weighted by Gasteiger charge is -2.39. The number of carbonyl (C=O) groups excluding carboxylic acids is 3. The molecule has 3 saturated heterocycles. The van der Waals surface area contributed by atoms with Gasteiger partial charge in [-0.05, 0) is 63.8 Å². The largest absolute Gasteiger partial charge is 0.494 e. The molecule has 0 saturated carbocycles. The maximum absolute atomic E-state index is 14.6. The number of rotatable bonds is 16. The molecule has 3 fully saturated rings. The number of unbranched alkanes of at least 4 members (excludes halogenated alkanes) is 2. The van der Waals surface area contributed by atoms with Crippen LogP contribution in [0.2, 0.25) is 0 Å². The van der Waals surface area contributed by atoms with Crippen LogP contribution in [-0.2, 0) is 19.1 Å². The number of nitrogens with zero attached hydrogens (tertiary/aromatic N) is 3. The number of hydrogen-bond acceptors (Lipinski definition) is 6. The van der Waals surface area contributed by atoms with Crippen molar-refractivity contribution in [1.82, 2.24) is 9.80 Å². The zero-order chi connectivity index (χ0) is 31.4. The highest BCUT2D eigenvalue weighted by atomic mass is 16.5. The molecule has 0 aromatic heterocycles. The summed E-state index contributed by atoms with van der Waals surface area (Å²) in [5, 5.41) is 10.4. The number of likely N-dealkylation sites (tertiary alicyclic amines) is 1. The first-order valence-corrected chi connectivity index (χ1v) is 15.9. The van der Waals surface area contributed by atoms with Crippen LogP contribution in [0.5, 0.6) is 5.75 Å². The fourth-order valence-corrected chi connectivity index (χ4v) is 7.51. The highest BCUT2D eigenvalue weighted by Gasteiger charge is 2.78. The van der Waals surface area contributed by atoms with Crippen molar-refractivity contribution in [2.45, 2.75) is 89.5 Å². The summed E-state index contributed by atoms with van der Waals surface area (Å²) in [6, 6.07) is 5.80. The van der Waals surface area contributed by atoms with Crippen molar-refractivity contribution in [1.29, 1.82) is 0 Å². The van der Waals surface area contributed by atoms with E-state index in [1.807, 2.05) is 45.0 Å². The second-order valence-corrected chi connectivity index (χ2v) is 12.2. The summed E-state index contributed by atoms with van der Waals surface area (Å²) >= 11 is 0. The highest BCUT2D eigenvalue weighted by Crippen LogP contribution is 2.64. The van der Waals surface area contributed by atoms with Gasteiger partial charge in [0, 0.05) is 25.3 Å². The van der Waals surface area contributed by atoms with Crippen molar-refractivity contribution in [2.24, 2.45) is 11.8 Å². The second kappa shape index (κ2) is 13.6. The number of anilines is 1. The van der Waals surface area contributed by atoms with E-state index in [-0.39, 0.29) is 30.9 Å². The lowest BCUT2D eigenvalue weighted by molar-refractivity contribution is -0.154. The Morgan fingerprint density at radius 3 is 2.40 bits per heavy atom. The number of aliphatic hydroxyl groups excluding tert-OH is 1. The van der Waals surface area contributed by atoms with E-state index in [4.69, 9.17) is 9.47 Å². The molecule has 1 N–H and O–H groups in total. The van der Waals surface area contributed by atoms with Gasteiger partial charge in [-0.25, -0.2) is 0 Å². The summed E-state index contributed by atoms with van der Waals surface area (Å²) in [5.41, 5.74) is -1.41. The first kappa shape index (κ1) is 32.7. The fraction of sp³-hybridized carbons (Fsp3) is 0.618. The molecule has 2 bridgehead atoms. The number of aliphatic hydroxyl groups is 1. The average Bonchev–Trinajstić information content (AvgIpc) is 3.57. The first-order chi connectivity index (χ1) is 20.7. The van der Waals surface area contributed by atoms with E-state index in [2.05, 4.69) is 20.1 Å². The number of carbonyl (C=O) groups is 3. The number of fused-ring (bicyclic) bond motifs is 1. The van der Waals surface area contributed by atoms with Crippen LogP contribution >= 0.6 is 0 Å². The second-order valence-electron chi connectivity index (χ2n) is 12.2. The zero-order valence-electron chi connectivity index (χ0n) is 26.3. The monoisotopic (exact) mass is 595 g/mol. The molecular formula is C34H49N3O6. The summed E-state index contributed by atoms with van der Waals surface area (Å²) in [6.45, 7) is 16.9. The van der Waals surface area contributed by atoms with Crippen LogP contribution in [0.25, 0.3) is 0 Å². The smallest absolute Gasteiger partial charge is 0.248 e. The Balaban J connectivity index is 1.77. The molecule has 9 heteroatoms. The normalized spacial score (nSPS) is 28.0. The standard InChI is InChI=1S/C34H49N3O6/c1-7-12-13-22-35(20-8-2)32(41)29-34-19-18-33(6,43-34)27(28(34)31(40)37(29)24(10-4)23-38)30(39)36(21-9-3)25-14-16-26(17-15-25)42-11-5/h8-9,14-17,24,27-29,38H,2-3,7,10-13,18-23H2,1,4-6H3/t24-,27+,28-,29?,33-,34?/m0/s1. The van der Waals surface area contributed by atoms with Crippen molar-refractivity contribution in [3.05, 3.63) is 49.6 Å². The molecule has 3 aliphatic rings. The Hall–Kier alpha value is -3.17. The van der Waals surface area contributed by atoms with E-state index in [1.54, 1.807) is 26.9 Å². The lowest BCUT2D eigenvalue weighted by Crippen LogP contribution is -2.58. The van der Waals surface area contributed by atoms with Crippen molar-refractivity contribution >= 4 is 23.4 Å². The Bertz CT molecular complexity index is 1180. The molecule has 3 aliphatic heterocycles. The molecule has 6 atom stereocenters. The molecule has 3 amide bonds. The lowest BCUT2D eigenvalue weighted by atomic mass is 9.66. The molecule has 1 aromatic carbocycles. The van der Waals surface area contributed by atoms with Gasteiger partial charge in [-0.1, -0.05) is 38.8 Å². The number of benzene rings is 1. The van der Waals surface area contributed by atoms with E-state index in [1.165, 1.54) is 0 Å². The summed E-state index contributed by atoms with van der Waals surface area (Å²) in [7, 11) is 0. The van der Waals surface area contributed by atoms with E-state index in [0.717, 1.165) is 19.3 Å². The predicted octanol–water partition coefficient (Wildman–Crippen LogP) is 4.34. The van der Waals surface area contributed by atoms with Gasteiger partial charge in [-0.2, -0.15) is 0 Å². The summed E-state index contributed by atoms with van der Waals surface area (Å²) < 4.78 is 12.4. The Morgan fingerprint density at radius 1 is 1.12 bits per heavy atom. The average molecular weight is 596 g/mol. The van der Waals surface area contributed by atoms with Gasteiger partial charge in [0.2, 0.25) is 17.7 Å². The van der Waals surface area contributed by atoms with Crippen molar-refractivity contribution in [3.63, 3.8) is 0 Å². The molecule has 0 aliphatic carbocycles. The zero-order valence-corrected chi connectivity index (χ0v) is 26.3. The van der Waals surface area contributed by atoms with Crippen molar-refractivity contribution in [3.8, 4) is 5.75 Å². The van der Waals surface area contributed by atoms with E-state index < -0.39 is 35.1 Å². The van der Waals surface area contributed by atoms with Crippen LogP contribution in [0.4, 0.5) is 5.69 Å². The third-order valence-corrected chi connectivity index (χ3v) is 9.52. The Kier molecular flexibility index (Phi) is 10.4. The molecule has 1 aromatic rings. The summed E-state index contributed by atoms with van der Waals surface area (Å²) in [4.78, 5) is 48.5. The van der Waals surface area contributed by atoms with Crippen LogP contribution in [0, 0.1) is 11.8 Å². The molecular weight excluding hydrogens is 546 g/mol. The van der Waals surface area contributed by atoms with Gasteiger partial charge in [0.25, 0.3) is 0 Å². The Labute approximate surface area is 256 Å². The molecule has 0 radical (unpaired) electrons. The highest BCUT2D eigenvalue weighted by molar-refractivity contribution is 6.03. The van der Waals surface area contributed by atoms with Gasteiger partial charge in [0.05, 0.1) is 36.7 Å². The molecule has 3 heterocycles. The third-order valence-electron chi connectivity index (χ3n) is 9.52. The molecule has 1 spiro atoms. The van der Waals surface area contributed by atoms with Gasteiger partial charge in [0.15, 0.2) is 0 Å². The van der Waals surface area contributed by atoms with Crippen molar-refractivity contribution in [2.75, 3.05) is 37.7 Å². The van der Waals surface area contributed by atoms with Crippen molar-refractivity contribution < 1.29 is 29.0 Å².